The van der Waals surface area contributed by atoms with Crippen LogP contribution in [-0.2, 0) is 9.53 Å². The van der Waals surface area contributed by atoms with Crippen LogP contribution in [0.5, 0.6) is 0 Å². The molecule has 9 heavy (non-hydrogen) atoms. The third-order valence-corrected chi connectivity index (χ3v) is 0.974. The zero-order valence-electron chi connectivity index (χ0n) is 5.76. The van der Waals surface area contributed by atoms with E-state index in [1.165, 1.54) is 0 Å². The number of ether oxygens (including phenoxy) is 1. The second-order valence-electron chi connectivity index (χ2n) is 2.16. The van der Waals surface area contributed by atoms with Crippen molar-refractivity contribution in [2.24, 2.45) is 5.92 Å². The summed E-state index contributed by atoms with van der Waals surface area (Å²) in [6.07, 6.45) is 0.188. The SMILES string of the molecule is COCC(C)CC(=O)O. The Bertz CT molecular complexity index is 90.3. The maximum Gasteiger partial charge on any atom is 0.303 e. The quantitative estimate of drug-likeness (QED) is 0.613. The van der Waals surface area contributed by atoms with Crippen molar-refractivity contribution in [3.63, 3.8) is 0 Å². The Morgan fingerprint density at radius 3 is 2.67 bits per heavy atom. The Hall–Kier alpha value is -0.570. The number of carboxylic acids is 1. The maximum atomic E-state index is 10.0. The lowest BCUT2D eigenvalue weighted by atomic mass is 10.1. The lowest BCUT2D eigenvalue weighted by Crippen LogP contribution is -2.09. The van der Waals surface area contributed by atoms with Crippen molar-refractivity contribution in [2.75, 3.05) is 13.7 Å². The van der Waals surface area contributed by atoms with E-state index in [2.05, 4.69) is 0 Å². The van der Waals surface area contributed by atoms with Gasteiger partial charge in [0.25, 0.3) is 0 Å². The lowest BCUT2D eigenvalue weighted by molar-refractivity contribution is -0.138. The van der Waals surface area contributed by atoms with Gasteiger partial charge in [-0.25, -0.2) is 0 Å². The molecule has 0 fully saturated rings. The summed E-state index contributed by atoms with van der Waals surface area (Å²) in [5.74, 6) is -0.646. The monoisotopic (exact) mass is 132 g/mol. The first-order chi connectivity index (χ1) is 4.16. The van der Waals surface area contributed by atoms with Crippen molar-refractivity contribution in [1.29, 1.82) is 0 Å². The minimum absolute atomic E-state index is 0.118. The standard InChI is InChI=1S/C6H12O3/c1-5(4-9-2)3-6(7)8/h5H,3-4H2,1-2H3,(H,7,8). The van der Waals surface area contributed by atoms with Crippen LogP contribution in [0.25, 0.3) is 0 Å². The van der Waals surface area contributed by atoms with Crippen LogP contribution in [0.1, 0.15) is 13.3 Å². The molecule has 54 valence electrons. The van der Waals surface area contributed by atoms with Crippen molar-refractivity contribution in [3.05, 3.63) is 0 Å². The fourth-order valence-corrected chi connectivity index (χ4v) is 0.642. The molecule has 0 aliphatic carbocycles. The average molecular weight is 132 g/mol. The summed E-state index contributed by atoms with van der Waals surface area (Å²) in [5.41, 5.74) is 0. The van der Waals surface area contributed by atoms with Crippen LogP contribution >= 0.6 is 0 Å². The van der Waals surface area contributed by atoms with E-state index in [0.717, 1.165) is 0 Å². The highest BCUT2D eigenvalue weighted by Crippen LogP contribution is 2.00. The first kappa shape index (κ1) is 8.43. The van der Waals surface area contributed by atoms with Crippen LogP contribution < -0.4 is 0 Å². The number of aliphatic carboxylic acids is 1. The summed E-state index contributed by atoms with van der Waals surface area (Å²) >= 11 is 0. The molecular weight excluding hydrogens is 120 g/mol. The minimum atomic E-state index is -0.764. The summed E-state index contributed by atoms with van der Waals surface area (Å²) in [5, 5.41) is 8.25. The zero-order chi connectivity index (χ0) is 7.28. The summed E-state index contributed by atoms with van der Waals surface area (Å²) < 4.78 is 4.74. The van der Waals surface area contributed by atoms with Crippen LogP contribution in [0.2, 0.25) is 0 Å². The lowest BCUT2D eigenvalue weighted by Gasteiger charge is -2.04. The second kappa shape index (κ2) is 4.32. The van der Waals surface area contributed by atoms with E-state index in [1.54, 1.807) is 7.11 Å². The smallest absolute Gasteiger partial charge is 0.303 e. The van der Waals surface area contributed by atoms with Crippen LogP contribution in [0.15, 0.2) is 0 Å². The van der Waals surface area contributed by atoms with Gasteiger partial charge in [-0.15, -0.1) is 0 Å². The van der Waals surface area contributed by atoms with E-state index in [0.29, 0.717) is 6.61 Å². The summed E-state index contributed by atoms with van der Waals surface area (Å²) in [7, 11) is 1.57. The highest BCUT2D eigenvalue weighted by atomic mass is 16.5. The molecule has 0 amide bonds. The Morgan fingerprint density at radius 2 is 2.33 bits per heavy atom. The molecule has 0 rings (SSSR count). The van der Waals surface area contributed by atoms with E-state index in [9.17, 15) is 4.79 Å². The van der Waals surface area contributed by atoms with Crippen molar-refractivity contribution < 1.29 is 14.6 Å². The molecule has 0 heterocycles. The molecule has 1 N–H and O–H groups in total. The molecule has 0 aliphatic rings. The van der Waals surface area contributed by atoms with E-state index in [-0.39, 0.29) is 12.3 Å². The second-order valence-corrected chi connectivity index (χ2v) is 2.16. The predicted octanol–water partition coefficient (Wildman–Crippen LogP) is 0.744. The molecule has 0 aliphatic heterocycles. The summed E-state index contributed by atoms with van der Waals surface area (Å²) in [6.45, 7) is 2.37. The predicted molar refractivity (Wildman–Crippen MR) is 33.3 cm³/mol. The first-order valence-corrected chi connectivity index (χ1v) is 2.87. The Morgan fingerprint density at radius 1 is 1.78 bits per heavy atom. The van der Waals surface area contributed by atoms with Gasteiger partial charge in [-0.1, -0.05) is 6.92 Å². The fourth-order valence-electron chi connectivity index (χ4n) is 0.642. The third-order valence-electron chi connectivity index (χ3n) is 0.974. The molecular formula is C6H12O3. The molecule has 0 saturated heterocycles. The third kappa shape index (κ3) is 5.30. The number of methoxy groups -OCH3 is 1. The van der Waals surface area contributed by atoms with E-state index >= 15 is 0 Å². The van der Waals surface area contributed by atoms with Crippen LogP contribution in [0.4, 0.5) is 0 Å². The van der Waals surface area contributed by atoms with E-state index in [4.69, 9.17) is 9.84 Å². The summed E-state index contributed by atoms with van der Waals surface area (Å²) in [6, 6.07) is 0. The van der Waals surface area contributed by atoms with Gasteiger partial charge in [0.1, 0.15) is 0 Å². The van der Waals surface area contributed by atoms with Gasteiger partial charge in [-0.05, 0) is 5.92 Å². The molecule has 0 bridgehead atoms. The fraction of sp³-hybridized carbons (Fsp3) is 0.833. The molecule has 1 unspecified atom stereocenters. The van der Waals surface area contributed by atoms with Gasteiger partial charge < -0.3 is 9.84 Å². The van der Waals surface area contributed by atoms with Gasteiger partial charge in [-0.3, -0.25) is 4.79 Å². The highest BCUT2D eigenvalue weighted by Gasteiger charge is 2.05. The molecule has 0 aromatic heterocycles. The van der Waals surface area contributed by atoms with Gasteiger partial charge in [-0.2, -0.15) is 0 Å². The zero-order valence-corrected chi connectivity index (χ0v) is 5.76. The van der Waals surface area contributed by atoms with Gasteiger partial charge >= 0.3 is 5.97 Å². The number of hydrogen-bond donors (Lipinski definition) is 1. The topological polar surface area (TPSA) is 46.5 Å². The summed E-state index contributed by atoms with van der Waals surface area (Å²) in [4.78, 5) is 10.0. The molecule has 0 aromatic carbocycles. The number of carboxylic acid groups (broad SMARTS) is 1. The normalized spacial score (nSPS) is 13.1. The van der Waals surface area contributed by atoms with Gasteiger partial charge in [0, 0.05) is 13.7 Å². The maximum absolute atomic E-state index is 10.0. The number of carbonyl (C=O) groups is 1. The van der Waals surface area contributed by atoms with Gasteiger partial charge in [0.2, 0.25) is 0 Å². The molecule has 3 nitrogen and oxygen atoms in total. The number of hydrogen-bond acceptors (Lipinski definition) is 2. The molecule has 1 atom stereocenters. The van der Waals surface area contributed by atoms with Crippen molar-refractivity contribution in [1.82, 2.24) is 0 Å². The Kier molecular flexibility index (Phi) is 4.05. The van der Waals surface area contributed by atoms with Gasteiger partial charge in [0.15, 0.2) is 0 Å². The van der Waals surface area contributed by atoms with E-state index < -0.39 is 5.97 Å². The van der Waals surface area contributed by atoms with Crippen LogP contribution in [0, 0.1) is 5.92 Å². The molecule has 0 radical (unpaired) electrons. The number of rotatable bonds is 4. The van der Waals surface area contributed by atoms with E-state index in [1.807, 2.05) is 6.92 Å². The van der Waals surface area contributed by atoms with Crippen molar-refractivity contribution in [3.8, 4) is 0 Å². The molecule has 0 spiro atoms. The van der Waals surface area contributed by atoms with Crippen molar-refractivity contribution >= 4 is 5.97 Å². The average Bonchev–Trinajstić information content (AvgIpc) is 1.63. The minimum Gasteiger partial charge on any atom is -0.481 e. The largest absolute Gasteiger partial charge is 0.481 e. The Balaban J connectivity index is 3.26. The molecule has 0 saturated carbocycles. The Labute approximate surface area is 54.6 Å². The highest BCUT2D eigenvalue weighted by molar-refractivity contribution is 5.66. The molecule has 3 heteroatoms. The van der Waals surface area contributed by atoms with Crippen molar-refractivity contribution in [2.45, 2.75) is 13.3 Å². The first-order valence-electron chi connectivity index (χ1n) is 2.87. The van der Waals surface area contributed by atoms with Crippen LogP contribution in [0.3, 0.4) is 0 Å². The molecule has 0 aromatic rings. The van der Waals surface area contributed by atoms with Crippen LogP contribution in [-0.4, -0.2) is 24.8 Å². The van der Waals surface area contributed by atoms with Gasteiger partial charge in [0.05, 0.1) is 6.42 Å².